The minimum Gasteiger partial charge on any atom is -0.277 e. The first-order valence-corrected chi connectivity index (χ1v) is 9.76. The van der Waals surface area contributed by atoms with Crippen molar-refractivity contribution in [3.63, 3.8) is 0 Å². The van der Waals surface area contributed by atoms with Crippen LogP contribution in [-0.2, 0) is 26.7 Å². The van der Waals surface area contributed by atoms with Crippen LogP contribution in [0.25, 0.3) is 0 Å². The minimum atomic E-state index is -3.80. The second-order valence-electron chi connectivity index (χ2n) is 6.46. The number of aromatic nitrogens is 1. The number of carbonyl (C=O) groups is 1. The number of rotatable bonds is 5. The van der Waals surface area contributed by atoms with Crippen LogP contribution >= 0.6 is 11.3 Å². The fourth-order valence-electron chi connectivity index (χ4n) is 2.02. The van der Waals surface area contributed by atoms with E-state index in [1.807, 2.05) is 6.92 Å². The SMILES string of the molecule is Cc1nc(CC(=O)NNS(=O)(=O)c2ccc(C(C)(C)C)cc2)cs1. The Labute approximate surface area is 146 Å². The Morgan fingerprint density at radius 1 is 1.21 bits per heavy atom. The summed E-state index contributed by atoms with van der Waals surface area (Å²) in [6, 6.07) is 6.60. The van der Waals surface area contributed by atoms with E-state index < -0.39 is 15.9 Å². The first-order chi connectivity index (χ1) is 11.1. The molecule has 2 N–H and O–H groups in total. The summed E-state index contributed by atoms with van der Waals surface area (Å²) >= 11 is 1.44. The van der Waals surface area contributed by atoms with Crippen LogP contribution in [0.5, 0.6) is 0 Å². The van der Waals surface area contributed by atoms with Crippen molar-refractivity contribution in [2.75, 3.05) is 0 Å². The van der Waals surface area contributed by atoms with Crippen LogP contribution in [0.15, 0.2) is 34.5 Å². The van der Waals surface area contributed by atoms with Crippen LogP contribution in [0.2, 0.25) is 0 Å². The average molecular weight is 367 g/mol. The van der Waals surface area contributed by atoms with Gasteiger partial charge in [-0.2, -0.15) is 0 Å². The highest BCUT2D eigenvalue weighted by molar-refractivity contribution is 7.89. The normalized spacial score (nSPS) is 12.2. The molecule has 0 atom stereocenters. The molecule has 0 aliphatic rings. The fraction of sp³-hybridized carbons (Fsp3) is 0.375. The van der Waals surface area contributed by atoms with Crippen LogP contribution in [-0.4, -0.2) is 19.3 Å². The molecule has 0 saturated carbocycles. The molecular formula is C16H21N3O3S2. The Morgan fingerprint density at radius 2 is 1.83 bits per heavy atom. The van der Waals surface area contributed by atoms with Gasteiger partial charge in [-0.25, -0.2) is 13.4 Å². The number of benzene rings is 1. The van der Waals surface area contributed by atoms with Gasteiger partial charge < -0.3 is 0 Å². The Kier molecular flexibility index (Phi) is 5.42. The first kappa shape index (κ1) is 18.6. The molecule has 130 valence electrons. The topological polar surface area (TPSA) is 88.2 Å². The molecule has 24 heavy (non-hydrogen) atoms. The summed E-state index contributed by atoms with van der Waals surface area (Å²) in [5.41, 5.74) is 3.80. The first-order valence-electron chi connectivity index (χ1n) is 7.40. The smallest absolute Gasteiger partial charge is 0.257 e. The van der Waals surface area contributed by atoms with Crippen LogP contribution in [0.4, 0.5) is 0 Å². The highest BCUT2D eigenvalue weighted by Gasteiger charge is 2.18. The van der Waals surface area contributed by atoms with Crippen LogP contribution in [0, 0.1) is 6.92 Å². The van der Waals surface area contributed by atoms with Gasteiger partial charge >= 0.3 is 0 Å². The number of thiazole rings is 1. The summed E-state index contributed by atoms with van der Waals surface area (Å²) in [5.74, 6) is -0.463. The summed E-state index contributed by atoms with van der Waals surface area (Å²) < 4.78 is 24.4. The molecule has 8 heteroatoms. The number of sulfonamides is 1. The summed E-state index contributed by atoms with van der Waals surface area (Å²) in [4.78, 5) is 18.2. The molecule has 0 aliphatic carbocycles. The number of hydrogen-bond acceptors (Lipinski definition) is 5. The highest BCUT2D eigenvalue weighted by atomic mass is 32.2. The van der Waals surface area contributed by atoms with Crippen molar-refractivity contribution in [1.29, 1.82) is 0 Å². The molecule has 1 aromatic heterocycles. The second-order valence-corrected chi connectivity index (χ2v) is 9.21. The van der Waals surface area contributed by atoms with Gasteiger partial charge in [0.05, 0.1) is 22.0 Å². The Balaban J connectivity index is 1.99. The average Bonchev–Trinajstić information content (AvgIpc) is 2.90. The largest absolute Gasteiger partial charge is 0.277 e. The quantitative estimate of drug-likeness (QED) is 0.794. The molecule has 2 aromatic rings. The second kappa shape index (κ2) is 7.00. The van der Waals surface area contributed by atoms with Crippen molar-refractivity contribution in [2.45, 2.75) is 44.4 Å². The lowest BCUT2D eigenvalue weighted by Crippen LogP contribution is -2.42. The maximum atomic E-state index is 12.2. The van der Waals surface area contributed by atoms with Gasteiger partial charge in [0, 0.05) is 5.38 Å². The third-order valence-electron chi connectivity index (χ3n) is 3.36. The molecule has 0 fully saturated rings. The molecule has 6 nitrogen and oxygen atoms in total. The van der Waals surface area contributed by atoms with E-state index in [0.29, 0.717) is 5.69 Å². The number of nitrogens with zero attached hydrogens (tertiary/aromatic N) is 1. The predicted molar refractivity (Wildman–Crippen MR) is 94.2 cm³/mol. The van der Waals surface area contributed by atoms with E-state index in [1.165, 1.54) is 23.5 Å². The lowest BCUT2D eigenvalue weighted by molar-refractivity contribution is -0.120. The van der Waals surface area contributed by atoms with Crippen LogP contribution in [0.1, 0.15) is 37.0 Å². The molecule has 0 aliphatic heterocycles. The summed E-state index contributed by atoms with van der Waals surface area (Å²) in [7, 11) is -3.80. The van der Waals surface area contributed by atoms with Crippen molar-refractivity contribution >= 4 is 27.3 Å². The van der Waals surface area contributed by atoms with E-state index >= 15 is 0 Å². The number of nitrogens with one attached hydrogen (secondary N) is 2. The number of aryl methyl sites for hydroxylation is 1. The molecule has 0 spiro atoms. The monoisotopic (exact) mass is 367 g/mol. The van der Waals surface area contributed by atoms with Crippen molar-refractivity contribution in [2.24, 2.45) is 0 Å². The third-order valence-corrected chi connectivity index (χ3v) is 5.45. The lowest BCUT2D eigenvalue weighted by Gasteiger charge is -2.19. The van der Waals surface area contributed by atoms with Gasteiger partial charge in [0.25, 0.3) is 10.0 Å². The molecule has 0 unspecified atom stereocenters. The zero-order valence-corrected chi connectivity index (χ0v) is 15.7. The Hall–Kier alpha value is -1.77. The van der Waals surface area contributed by atoms with E-state index in [0.717, 1.165) is 10.6 Å². The summed E-state index contributed by atoms with van der Waals surface area (Å²) in [6.45, 7) is 8.00. The third kappa shape index (κ3) is 4.86. The van der Waals surface area contributed by atoms with Gasteiger partial charge in [-0.3, -0.25) is 10.2 Å². The van der Waals surface area contributed by atoms with Gasteiger partial charge in [-0.15, -0.1) is 16.2 Å². The molecule has 0 radical (unpaired) electrons. The molecule has 1 aromatic carbocycles. The van der Waals surface area contributed by atoms with Gasteiger partial charge in [0.2, 0.25) is 5.91 Å². The standard InChI is InChI=1S/C16H21N3O3S2/c1-11-17-13(10-23-11)9-15(20)18-19-24(21,22)14-7-5-12(6-8-14)16(2,3)4/h5-8,10,19H,9H2,1-4H3,(H,18,20). The van der Waals surface area contributed by atoms with Gasteiger partial charge in [0.15, 0.2) is 0 Å². The van der Waals surface area contributed by atoms with E-state index in [1.54, 1.807) is 17.5 Å². The Morgan fingerprint density at radius 3 is 2.33 bits per heavy atom. The molecule has 1 amide bonds. The molecule has 2 rings (SSSR count). The Bertz CT molecular complexity index is 819. The molecule has 0 bridgehead atoms. The van der Waals surface area contributed by atoms with Gasteiger partial charge in [0.1, 0.15) is 0 Å². The van der Waals surface area contributed by atoms with E-state index in [4.69, 9.17) is 0 Å². The van der Waals surface area contributed by atoms with E-state index in [-0.39, 0.29) is 16.7 Å². The number of amides is 1. The van der Waals surface area contributed by atoms with Crippen molar-refractivity contribution < 1.29 is 13.2 Å². The van der Waals surface area contributed by atoms with E-state index in [9.17, 15) is 13.2 Å². The molecular weight excluding hydrogens is 346 g/mol. The summed E-state index contributed by atoms with van der Waals surface area (Å²) in [6.07, 6.45) is 0.0236. The van der Waals surface area contributed by atoms with Gasteiger partial charge in [-0.05, 0) is 30.0 Å². The number of hydrogen-bond donors (Lipinski definition) is 2. The van der Waals surface area contributed by atoms with Gasteiger partial charge in [-0.1, -0.05) is 32.9 Å². The number of hydrazine groups is 1. The predicted octanol–water partition coefficient (Wildman–Crippen LogP) is 2.30. The van der Waals surface area contributed by atoms with Crippen molar-refractivity contribution in [3.05, 3.63) is 45.9 Å². The maximum absolute atomic E-state index is 12.2. The lowest BCUT2D eigenvalue weighted by atomic mass is 9.87. The summed E-state index contributed by atoms with van der Waals surface area (Å²) in [5, 5.41) is 2.63. The zero-order valence-electron chi connectivity index (χ0n) is 14.1. The minimum absolute atomic E-state index is 0.0236. The maximum Gasteiger partial charge on any atom is 0.257 e. The van der Waals surface area contributed by atoms with E-state index in [2.05, 4.69) is 36.0 Å². The number of carbonyl (C=O) groups excluding carboxylic acids is 1. The highest BCUT2D eigenvalue weighted by Crippen LogP contribution is 2.23. The van der Waals surface area contributed by atoms with Crippen molar-refractivity contribution in [1.82, 2.24) is 15.2 Å². The van der Waals surface area contributed by atoms with Crippen molar-refractivity contribution in [3.8, 4) is 0 Å². The zero-order chi connectivity index (χ0) is 18.0. The molecule has 0 saturated heterocycles. The van der Waals surface area contributed by atoms with Crippen LogP contribution < -0.4 is 10.3 Å². The van der Waals surface area contributed by atoms with Crippen LogP contribution in [0.3, 0.4) is 0 Å². The molecule has 1 heterocycles. The fourth-order valence-corrected chi connectivity index (χ4v) is 3.49.